The summed E-state index contributed by atoms with van der Waals surface area (Å²) < 4.78 is 6.01. The molecule has 1 saturated heterocycles. The number of hydrogen-bond acceptors (Lipinski definition) is 4. The van der Waals surface area contributed by atoms with Gasteiger partial charge in [-0.3, -0.25) is 19.5 Å². The van der Waals surface area contributed by atoms with E-state index in [2.05, 4.69) is 9.97 Å². The van der Waals surface area contributed by atoms with Gasteiger partial charge in [-0.05, 0) is 47.9 Å². The number of nitrogens with one attached hydrogen (secondary N) is 1. The molecule has 0 bridgehead atoms. The van der Waals surface area contributed by atoms with E-state index in [4.69, 9.17) is 4.74 Å². The van der Waals surface area contributed by atoms with E-state index < -0.39 is 0 Å². The summed E-state index contributed by atoms with van der Waals surface area (Å²) in [5.41, 5.74) is 2.13. The third-order valence-corrected chi connectivity index (χ3v) is 6.16. The second kappa shape index (κ2) is 9.79. The van der Waals surface area contributed by atoms with Gasteiger partial charge in [0.15, 0.2) is 0 Å². The molecular formula is C27H26N4O3. The van der Waals surface area contributed by atoms with Crippen molar-refractivity contribution in [3.63, 3.8) is 0 Å². The molecule has 2 aromatic carbocycles. The highest BCUT2D eigenvalue weighted by Crippen LogP contribution is 2.22. The van der Waals surface area contributed by atoms with Gasteiger partial charge in [0.25, 0.3) is 5.91 Å². The zero-order valence-corrected chi connectivity index (χ0v) is 18.8. The Bertz CT molecular complexity index is 1260. The quantitative estimate of drug-likeness (QED) is 0.472. The van der Waals surface area contributed by atoms with Crippen LogP contribution in [-0.4, -0.2) is 52.4 Å². The lowest BCUT2D eigenvalue weighted by Crippen LogP contribution is -2.47. The molecule has 7 heteroatoms. The fourth-order valence-electron chi connectivity index (χ4n) is 4.29. The fourth-order valence-corrected chi connectivity index (χ4v) is 4.29. The highest BCUT2D eigenvalue weighted by Gasteiger charge is 2.28. The number of fused-ring (bicyclic) bond motifs is 1. The van der Waals surface area contributed by atoms with Gasteiger partial charge < -0.3 is 14.6 Å². The van der Waals surface area contributed by atoms with Crippen molar-refractivity contribution in [1.82, 2.24) is 14.9 Å². The SMILES string of the molecule is O=C(CN(C(=O)c1ccc2cc[nH]c2c1)c1ccccc1)N1CCC(Oc2ccncc2)CC1. The minimum atomic E-state index is -0.202. The standard InChI is InChI=1S/C27H26N4O3/c32-26(30-16-11-24(12-17-30)34-23-9-13-28-14-10-23)19-31(22-4-2-1-3-5-22)27(33)21-7-6-20-8-15-29-25(20)18-21/h1-10,13-15,18,24,29H,11-12,16-17,19H2. The van der Waals surface area contributed by atoms with Gasteiger partial charge in [0, 0.05) is 61.3 Å². The minimum absolute atomic E-state index is 0.0124. The first kappa shape index (κ1) is 21.7. The number of pyridine rings is 1. The molecule has 1 aliphatic heterocycles. The largest absolute Gasteiger partial charge is 0.490 e. The number of ether oxygens (including phenoxy) is 1. The average Bonchev–Trinajstić information content (AvgIpc) is 3.36. The van der Waals surface area contributed by atoms with Crippen molar-refractivity contribution < 1.29 is 14.3 Å². The lowest BCUT2D eigenvalue weighted by atomic mass is 10.1. The summed E-state index contributed by atoms with van der Waals surface area (Å²) >= 11 is 0. The van der Waals surface area contributed by atoms with E-state index in [1.807, 2.05) is 71.8 Å². The molecule has 0 aliphatic carbocycles. The molecule has 2 amide bonds. The van der Waals surface area contributed by atoms with E-state index in [1.54, 1.807) is 23.4 Å². The van der Waals surface area contributed by atoms with Crippen molar-refractivity contribution in [2.75, 3.05) is 24.5 Å². The van der Waals surface area contributed by atoms with Crippen LogP contribution in [0.1, 0.15) is 23.2 Å². The third-order valence-electron chi connectivity index (χ3n) is 6.16. The van der Waals surface area contributed by atoms with Gasteiger partial charge in [0.2, 0.25) is 5.91 Å². The van der Waals surface area contributed by atoms with Crippen LogP contribution in [0.5, 0.6) is 5.75 Å². The van der Waals surface area contributed by atoms with Crippen LogP contribution in [0.3, 0.4) is 0 Å². The first-order chi connectivity index (χ1) is 16.7. The Morgan fingerprint density at radius 1 is 1.00 bits per heavy atom. The molecular weight excluding hydrogens is 428 g/mol. The normalized spacial score (nSPS) is 14.2. The molecule has 0 unspecified atom stereocenters. The maximum absolute atomic E-state index is 13.5. The van der Waals surface area contributed by atoms with Gasteiger partial charge in [-0.2, -0.15) is 0 Å². The average molecular weight is 455 g/mol. The Kier molecular flexibility index (Phi) is 6.25. The smallest absolute Gasteiger partial charge is 0.258 e. The van der Waals surface area contributed by atoms with Crippen molar-refractivity contribution in [2.45, 2.75) is 18.9 Å². The lowest BCUT2D eigenvalue weighted by molar-refractivity contribution is -0.131. The monoisotopic (exact) mass is 454 g/mol. The molecule has 1 fully saturated rings. The van der Waals surface area contributed by atoms with Crippen molar-refractivity contribution in [2.24, 2.45) is 0 Å². The van der Waals surface area contributed by atoms with Gasteiger partial charge in [-0.15, -0.1) is 0 Å². The number of likely N-dealkylation sites (tertiary alicyclic amines) is 1. The Balaban J connectivity index is 1.28. The summed E-state index contributed by atoms with van der Waals surface area (Å²) in [6, 6.07) is 20.5. The molecule has 0 atom stereocenters. The number of aromatic amines is 1. The molecule has 4 aromatic rings. The molecule has 172 valence electrons. The zero-order valence-electron chi connectivity index (χ0n) is 18.8. The Morgan fingerprint density at radius 3 is 2.53 bits per heavy atom. The van der Waals surface area contributed by atoms with Gasteiger partial charge in [-0.25, -0.2) is 0 Å². The molecule has 1 aliphatic rings. The Hall–Kier alpha value is -4.13. The summed E-state index contributed by atoms with van der Waals surface area (Å²) in [5.74, 6) is 0.520. The number of carbonyl (C=O) groups excluding carboxylic acids is 2. The van der Waals surface area contributed by atoms with Gasteiger partial charge >= 0.3 is 0 Å². The Morgan fingerprint density at radius 2 is 1.76 bits per heavy atom. The second-order valence-corrected chi connectivity index (χ2v) is 8.39. The summed E-state index contributed by atoms with van der Waals surface area (Å²) in [7, 11) is 0. The van der Waals surface area contributed by atoms with Crippen LogP contribution in [0, 0.1) is 0 Å². The first-order valence-electron chi connectivity index (χ1n) is 11.5. The van der Waals surface area contributed by atoms with Crippen LogP contribution in [0.15, 0.2) is 85.3 Å². The highest BCUT2D eigenvalue weighted by molar-refractivity contribution is 6.10. The predicted molar refractivity (Wildman–Crippen MR) is 131 cm³/mol. The molecule has 1 N–H and O–H groups in total. The fraction of sp³-hybridized carbons (Fsp3) is 0.222. The number of para-hydroxylation sites is 1. The van der Waals surface area contributed by atoms with Gasteiger partial charge in [0.05, 0.1) is 0 Å². The van der Waals surface area contributed by atoms with E-state index in [-0.39, 0.29) is 24.5 Å². The molecule has 0 radical (unpaired) electrons. The number of aromatic nitrogens is 2. The summed E-state index contributed by atoms with van der Waals surface area (Å²) in [6.45, 7) is 1.18. The zero-order chi connectivity index (χ0) is 23.3. The van der Waals surface area contributed by atoms with Crippen LogP contribution < -0.4 is 9.64 Å². The van der Waals surface area contributed by atoms with Crippen LogP contribution in [-0.2, 0) is 4.79 Å². The van der Waals surface area contributed by atoms with Crippen LogP contribution in [0.2, 0.25) is 0 Å². The number of piperidine rings is 1. The van der Waals surface area contributed by atoms with E-state index in [0.29, 0.717) is 24.3 Å². The van der Waals surface area contributed by atoms with E-state index in [9.17, 15) is 9.59 Å². The molecule has 7 nitrogen and oxygen atoms in total. The number of H-pyrrole nitrogens is 1. The molecule has 0 saturated carbocycles. The highest BCUT2D eigenvalue weighted by atomic mass is 16.5. The van der Waals surface area contributed by atoms with E-state index >= 15 is 0 Å². The number of anilines is 1. The number of carbonyl (C=O) groups is 2. The number of benzene rings is 2. The molecule has 2 aromatic heterocycles. The molecule has 5 rings (SSSR count). The molecule has 0 spiro atoms. The third kappa shape index (κ3) is 4.78. The van der Waals surface area contributed by atoms with Crippen molar-refractivity contribution in [3.05, 3.63) is 90.9 Å². The lowest BCUT2D eigenvalue weighted by Gasteiger charge is -2.33. The molecule has 34 heavy (non-hydrogen) atoms. The van der Waals surface area contributed by atoms with Crippen LogP contribution >= 0.6 is 0 Å². The second-order valence-electron chi connectivity index (χ2n) is 8.39. The van der Waals surface area contributed by atoms with E-state index in [0.717, 1.165) is 29.5 Å². The summed E-state index contributed by atoms with van der Waals surface area (Å²) in [5, 5.41) is 1.04. The molecule has 3 heterocycles. The van der Waals surface area contributed by atoms with Gasteiger partial charge in [0.1, 0.15) is 18.4 Å². The summed E-state index contributed by atoms with van der Waals surface area (Å²) in [6.07, 6.45) is 6.81. The Labute approximate surface area is 198 Å². The maximum atomic E-state index is 13.5. The van der Waals surface area contributed by atoms with Crippen molar-refractivity contribution in [3.8, 4) is 5.75 Å². The van der Waals surface area contributed by atoms with E-state index in [1.165, 1.54) is 0 Å². The number of rotatable bonds is 6. The van der Waals surface area contributed by atoms with Gasteiger partial charge in [-0.1, -0.05) is 24.3 Å². The number of amides is 2. The number of hydrogen-bond donors (Lipinski definition) is 1. The number of nitrogens with zero attached hydrogens (tertiary/aromatic N) is 3. The van der Waals surface area contributed by atoms with Crippen molar-refractivity contribution >= 4 is 28.4 Å². The summed E-state index contributed by atoms with van der Waals surface area (Å²) in [4.78, 5) is 37.3. The topological polar surface area (TPSA) is 78.5 Å². The minimum Gasteiger partial charge on any atom is -0.490 e. The predicted octanol–water partition coefficient (Wildman–Crippen LogP) is 4.28. The van der Waals surface area contributed by atoms with Crippen LogP contribution in [0.4, 0.5) is 5.69 Å². The van der Waals surface area contributed by atoms with Crippen molar-refractivity contribution in [1.29, 1.82) is 0 Å². The first-order valence-corrected chi connectivity index (χ1v) is 11.5. The van der Waals surface area contributed by atoms with Crippen LogP contribution in [0.25, 0.3) is 10.9 Å². The maximum Gasteiger partial charge on any atom is 0.258 e.